The summed E-state index contributed by atoms with van der Waals surface area (Å²) in [6.07, 6.45) is 1.41. The molecule has 0 aromatic heterocycles. The van der Waals surface area contributed by atoms with Gasteiger partial charge >= 0.3 is 6.03 Å². The molecule has 0 radical (unpaired) electrons. The molecule has 3 amide bonds. The van der Waals surface area contributed by atoms with Crippen molar-refractivity contribution >= 4 is 29.2 Å². The monoisotopic (exact) mass is 365 g/mol. The van der Waals surface area contributed by atoms with E-state index in [1.165, 1.54) is 0 Å². The van der Waals surface area contributed by atoms with Gasteiger partial charge in [-0.25, -0.2) is 4.79 Å². The molecule has 2 saturated heterocycles. The molecule has 136 valence electrons. The number of benzene rings is 1. The number of piperidine rings is 1. The molecule has 2 fully saturated rings. The first-order valence-corrected chi connectivity index (χ1v) is 9.11. The van der Waals surface area contributed by atoms with Crippen LogP contribution in [0.4, 0.5) is 10.5 Å². The molecule has 1 N–H and O–H groups in total. The summed E-state index contributed by atoms with van der Waals surface area (Å²) < 4.78 is 5.29. The number of urea groups is 1. The highest BCUT2D eigenvalue weighted by molar-refractivity contribution is 6.31. The average Bonchev–Trinajstić information content (AvgIpc) is 2.65. The fourth-order valence-corrected chi connectivity index (χ4v) is 3.43. The van der Waals surface area contributed by atoms with E-state index in [1.54, 1.807) is 11.0 Å². The van der Waals surface area contributed by atoms with E-state index >= 15 is 0 Å². The van der Waals surface area contributed by atoms with Crippen LogP contribution in [0.3, 0.4) is 0 Å². The molecule has 0 saturated carbocycles. The van der Waals surface area contributed by atoms with Crippen LogP contribution in [0.1, 0.15) is 18.4 Å². The topological polar surface area (TPSA) is 61.9 Å². The number of hydrogen-bond acceptors (Lipinski definition) is 3. The molecule has 3 rings (SSSR count). The SMILES string of the molecule is Cc1ccc(NC(=O)N2CCC(C(=O)N3CCOCC3)CC2)cc1Cl. The van der Waals surface area contributed by atoms with Crippen molar-refractivity contribution in [3.05, 3.63) is 28.8 Å². The van der Waals surface area contributed by atoms with Crippen LogP contribution in [0.25, 0.3) is 0 Å². The van der Waals surface area contributed by atoms with Crippen LogP contribution in [-0.2, 0) is 9.53 Å². The number of halogens is 1. The Kier molecular flexibility index (Phi) is 5.81. The standard InChI is InChI=1S/C18H24ClN3O3/c1-13-2-3-15(12-16(13)19)20-18(24)22-6-4-14(5-7-22)17(23)21-8-10-25-11-9-21/h2-3,12,14H,4-11H2,1H3,(H,20,24). The minimum Gasteiger partial charge on any atom is -0.378 e. The molecule has 0 unspecified atom stereocenters. The Labute approximate surface area is 153 Å². The van der Waals surface area contributed by atoms with Crippen LogP contribution in [0.15, 0.2) is 18.2 Å². The maximum atomic E-state index is 12.5. The van der Waals surface area contributed by atoms with Crippen LogP contribution >= 0.6 is 11.6 Å². The van der Waals surface area contributed by atoms with E-state index in [9.17, 15) is 9.59 Å². The Balaban J connectivity index is 1.50. The van der Waals surface area contributed by atoms with Gasteiger partial charge in [0.15, 0.2) is 0 Å². The lowest BCUT2D eigenvalue weighted by Crippen LogP contribution is -2.48. The summed E-state index contributed by atoms with van der Waals surface area (Å²) in [6, 6.07) is 5.33. The van der Waals surface area contributed by atoms with Crippen LogP contribution in [0, 0.1) is 12.8 Å². The number of nitrogens with one attached hydrogen (secondary N) is 1. The molecule has 2 heterocycles. The van der Waals surface area contributed by atoms with E-state index in [2.05, 4.69) is 5.32 Å². The third-order valence-corrected chi connectivity index (χ3v) is 5.28. The molecular weight excluding hydrogens is 342 g/mol. The lowest BCUT2D eigenvalue weighted by Gasteiger charge is -2.35. The summed E-state index contributed by atoms with van der Waals surface area (Å²) in [6.45, 7) is 5.68. The molecule has 6 nitrogen and oxygen atoms in total. The van der Waals surface area contributed by atoms with Crippen LogP contribution in [0.5, 0.6) is 0 Å². The lowest BCUT2D eigenvalue weighted by atomic mass is 9.95. The average molecular weight is 366 g/mol. The second-order valence-electron chi connectivity index (χ2n) is 6.59. The third kappa shape index (κ3) is 4.44. The summed E-state index contributed by atoms with van der Waals surface area (Å²) in [4.78, 5) is 28.6. The van der Waals surface area contributed by atoms with Gasteiger partial charge in [-0.2, -0.15) is 0 Å². The largest absolute Gasteiger partial charge is 0.378 e. The number of nitrogens with zero attached hydrogens (tertiary/aromatic N) is 2. The van der Waals surface area contributed by atoms with E-state index in [0.29, 0.717) is 62.9 Å². The van der Waals surface area contributed by atoms with Gasteiger partial charge in [0.2, 0.25) is 5.91 Å². The molecule has 1 aromatic carbocycles. The number of hydrogen-bond donors (Lipinski definition) is 1. The summed E-state index contributed by atoms with van der Waals surface area (Å²) in [7, 11) is 0. The zero-order valence-electron chi connectivity index (χ0n) is 14.5. The van der Waals surface area contributed by atoms with Gasteiger partial charge in [-0.05, 0) is 37.5 Å². The molecule has 0 atom stereocenters. The second-order valence-corrected chi connectivity index (χ2v) is 7.00. The van der Waals surface area contributed by atoms with Crippen molar-refractivity contribution in [2.75, 3.05) is 44.7 Å². The van der Waals surface area contributed by atoms with Gasteiger partial charge in [0.05, 0.1) is 13.2 Å². The lowest BCUT2D eigenvalue weighted by molar-refractivity contribution is -0.140. The van der Waals surface area contributed by atoms with Gasteiger partial charge in [-0.15, -0.1) is 0 Å². The summed E-state index contributed by atoms with van der Waals surface area (Å²) in [5, 5.41) is 3.51. The number of rotatable bonds is 2. The predicted octanol–water partition coefficient (Wildman–Crippen LogP) is 2.75. The molecule has 2 aliphatic rings. The minimum atomic E-state index is -0.141. The van der Waals surface area contributed by atoms with E-state index in [-0.39, 0.29) is 17.9 Å². The number of amides is 3. The van der Waals surface area contributed by atoms with Gasteiger partial charge in [-0.1, -0.05) is 17.7 Å². The number of likely N-dealkylation sites (tertiary alicyclic amines) is 1. The summed E-state index contributed by atoms with van der Waals surface area (Å²) in [5.74, 6) is 0.213. The molecule has 7 heteroatoms. The zero-order valence-corrected chi connectivity index (χ0v) is 15.2. The number of morpholine rings is 1. The number of carbonyl (C=O) groups excluding carboxylic acids is 2. The predicted molar refractivity (Wildman–Crippen MR) is 96.9 cm³/mol. The van der Waals surface area contributed by atoms with E-state index in [1.807, 2.05) is 24.0 Å². The van der Waals surface area contributed by atoms with Crippen molar-refractivity contribution in [1.29, 1.82) is 0 Å². The molecule has 1 aromatic rings. The van der Waals surface area contributed by atoms with Gasteiger partial charge in [0.25, 0.3) is 0 Å². The highest BCUT2D eigenvalue weighted by Gasteiger charge is 2.30. The summed E-state index contributed by atoms with van der Waals surface area (Å²) >= 11 is 6.09. The Morgan fingerprint density at radius 1 is 1.12 bits per heavy atom. The zero-order chi connectivity index (χ0) is 17.8. The van der Waals surface area contributed by atoms with Crippen molar-refractivity contribution in [2.24, 2.45) is 5.92 Å². The maximum absolute atomic E-state index is 12.5. The van der Waals surface area contributed by atoms with Gasteiger partial charge in [0, 0.05) is 42.8 Å². The van der Waals surface area contributed by atoms with Gasteiger partial charge < -0.3 is 19.9 Å². The van der Waals surface area contributed by atoms with Crippen molar-refractivity contribution in [3.8, 4) is 0 Å². The van der Waals surface area contributed by atoms with Crippen molar-refractivity contribution in [3.63, 3.8) is 0 Å². The quantitative estimate of drug-likeness (QED) is 0.876. The van der Waals surface area contributed by atoms with Crippen molar-refractivity contribution < 1.29 is 14.3 Å². The number of ether oxygens (including phenoxy) is 1. The van der Waals surface area contributed by atoms with Gasteiger partial charge in [-0.3, -0.25) is 4.79 Å². The van der Waals surface area contributed by atoms with Crippen molar-refractivity contribution in [1.82, 2.24) is 9.80 Å². The second kappa shape index (κ2) is 8.06. The number of carbonyl (C=O) groups is 2. The van der Waals surface area contributed by atoms with Crippen LogP contribution in [-0.4, -0.2) is 61.1 Å². The summed E-state index contributed by atoms with van der Waals surface area (Å²) in [5.41, 5.74) is 1.66. The first kappa shape index (κ1) is 18.0. The molecular formula is C18H24ClN3O3. The fraction of sp³-hybridized carbons (Fsp3) is 0.556. The third-order valence-electron chi connectivity index (χ3n) is 4.88. The highest BCUT2D eigenvalue weighted by atomic mass is 35.5. The Hall–Kier alpha value is -1.79. The Morgan fingerprint density at radius 2 is 1.80 bits per heavy atom. The molecule has 0 spiro atoms. The van der Waals surface area contributed by atoms with Crippen molar-refractivity contribution in [2.45, 2.75) is 19.8 Å². The first-order chi connectivity index (χ1) is 12.0. The Bertz CT molecular complexity index is 638. The molecule has 0 aliphatic carbocycles. The fourth-order valence-electron chi connectivity index (χ4n) is 3.24. The van der Waals surface area contributed by atoms with Gasteiger partial charge in [0.1, 0.15) is 0 Å². The maximum Gasteiger partial charge on any atom is 0.321 e. The van der Waals surface area contributed by atoms with E-state index < -0.39 is 0 Å². The van der Waals surface area contributed by atoms with Crippen LogP contribution < -0.4 is 5.32 Å². The normalized spacial score (nSPS) is 19.0. The molecule has 2 aliphatic heterocycles. The first-order valence-electron chi connectivity index (χ1n) is 8.73. The van der Waals surface area contributed by atoms with E-state index in [0.717, 1.165) is 5.56 Å². The van der Waals surface area contributed by atoms with E-state index in [4.69, 9.17) is 16.3 Å². The number of aryl methyl sites for hydroxylation is 1. The smallest absolute Gasteiger partial charge is 0.321 e. The minimum absolute atomic E-state index is 0.0102. The Morgan fingerprint density at radius 3 is 2.44 bits per heavy atom. The molecule has 25 heavy (non-hydrogen) atoms. The number of anilines is 1. The highest BCUT2D eigenvalue weighted by Crippen LogP contribution is 2.23. The van der Waals surface area contributed by atoms with Crippen LogP contribution in [0.2, 0.25) is 5.02 Å². The molecule has 0 bridgehead atoms.